The minimum Gasteiger partial charge on any atom is -0.493 e. The second-order valence-corrected chi connectivity index (χ2v) is 7.50. The Balaban J connectivity index is 1.77. The first-order valence-corrected chi connectivity index (χ1v) is 9.94. The van der Waals surface area contributed by atoms with Gasteiger partial charge in [0.15, 0.2) is 11.5 Å². The topological polar surface area (TPSA) is 53.5 Å². The van der Waals surface area contributed by atoms with Gasteiger partial charge in [-0.05, 0) is 42.0 Å². The number of rotatable bonds is 7. The minimum atomic E-state index is 0.554. The molecule has 140 valence electrons. The molecular weight excluding hydrogens is 428 g/mol. The van der Waals surface area contributed by atoms with E-state index in [2.05, 4.69) is 38.3 Å². The molecule has 3 rings (SSSR count). The monoisotopic (exact) mass is 446 g/mol. The molecule has 0 amide bonds. The van der Waals surface area contributed by atoms with Gasteiger partial charge in [0, 0.05) is 15.8 Å². The van der Waals surface area contributed by atoms with Crippen LogP contribution < -0.4 is 14.2 Å². The van der Waals surface area contributed by atoms with E-state index in [0.29, 0.717) is 17.2 Å². The van der Waals surface area contributed by atoms with Crippen LogP contribution in [0.15, 0.2) is 58.0 Å². The van der Waals surface area contributed by atoms with Crippen LogP contribution in [0.2, 0.25) is 0 Å². The average molecular weight is 447 g/mol. The lowest BCUT2D eigenvalue weighted by molar-refractivity contribution is 0.324. The van der Waals surface area contributed by atoms with Crippen LogP contribution in [-0.2, 0) is 5.75 Å². The first-order valence-electron chi connectivity index (χ1n) is 8.16. The number of halogens is 1. The molecule has 0 saturated carbocycles. The number of hydrogen-bond donors (Lipinski definition) is 0. The van der Waals surface area contributed by atoms with E-state index in [9.17, 15) is 0 Å². The summed E-state index contributed by atoms with van der Waals surface area (Å²) in [6, 6.07) is 15.9. The van der Waals surface area contributed by atoms with E-state index in [4.69, 9.17) is 14.2 Å². The third-order valence-electron chi connectivity index (χ3n) is 3.90. The van der Waals surface area contributed by atoms with E-state index in [1.807, 2.05) is 36.4 Å². The van der Waals surface area contributed by atoms with E-state index in [1.54, 1.807) is 33.1 Å². The van der Waals surface area contributed by atoms with Gasteiger partial charge < -0.3 is 14.2 Å². The van der Waals surface area contributed by atoms with Crippen molar-refractivity contribution in [2.75, 3.05) is 21.3 Å². The largest absolute Gasteiger partial charge is 0.493 e. The van der Waals surface area contributed by atoms with Crippen molar-refractivity contribution in [2.24, 2.45) is 0 Å². The van der Waals surface area contributed by atoms with E-state index in [0.717, 1.165) is 26.5 Å². The van der Waals surface area contributed by atoms with Gasteiger partial charge in [-0.15, -0.1) is 10.2 Å². The fourth-order valence-corrected chi connectivity index (χ4v) is 3.55. The lowest BCUT2D eigenvalue weighted by Gasteiger charge is -2.13. The number of methoxy groups -OCH3 is 3. The highest BCUT2D eigenvalue weighted by Crippen LogP contribution is 2.40. The maximum absolute atomic E-state index is 5.40. The predicted octanol–water partition coefficient (Wildman–Crippen LogP) is 5.22. The molecule has 0 aliphatic heterocycles. The number of aromatic nitrogens is 2. The average Bonchev–Trinajstić information content (AvgIpc) is 2.72. The van der Waals surface area contributed by atoms with Crippen LogP contribution in [0.25, 0.3) is 11.3 Å². The van der Waals surface area contributed by atoms with Gasteiger partial charge in [0.1, 0.15) is 5.03 Å². The first kappa shape index (κ1) is 19.5. The summed E-state index contributed by atoms with van der Waals surface area (Å²) in [5, 5.41) is 9.55. The quantitative estimate of drug-likeness (QED) is 0.463. The molecule has 0 bridgehead atoms. The third kappa shape index (κ3) is 4.73. The Hall–Kier alpha value is -2.25. The van der Waals surface area contributed by atoms with Gasteiger partial charge in [0.05, 0.1) is 27.0 Å². The molecule has 3 aromatic rings. The van der Waals surface area contributed by atoms with Crippen LogP contribution in [0.1, 0.15) is 5.56 Å². The highest BCUT2D eigenvalue weighted by Gasteiger charge is 2.15. The van der Waals surface area contributed by atoms with Gasteiger partial charge in [0.2, 0.25) is 5.75 Å². The molecular formula is C20H19BrN2O3S. The Kier molecular flexibility index (Phi) is 6.58. The summed E-state index contributed by atoms with van der Waals surface area (Å²) in [4.78, 5) is 0. The second kappa shape index (κ2) is 9.10. The molecule has 0 atom stereocenters. The molecule has 0 spiro atoms. The van der Waals surface area contributed by atoms with Gasteiger partial charge in [-0.3, -0.25) is 0 Å². The van der Waals surface area contributed by atoms with Crippen LogP contribution in [0.3, 0.4) is 0 Å². The van der Waals surface area contributed by atoms with Crippen LogP contribution in [0, 0.1) is 0 Å². The molecule has 0 radical (unpaired) electrons. The molecule has 2 aromatic carbocycles. The van der Waals surface area contributed by atoms with Crippen LogP contribution in [-0.4, -0.2) is 31.5 Å². The summed E-state index contributed by atoms with van der Waals surface area (Å²) >= 11 is 5.09. The minimum absolute atomic E-state index is 0.554. The first-order chi connectivity index (χ1) is 13.1. The summed E-state index contributed by atoms with van der Waals surface area (Å²) in [7, 11) is 4.76. The summed E-state index contributed by atoms with van der Waals surface area (Å²) in [6.07, 6.45) is 0. The summed E-state index contributed by atoms with van der Waals surface area (Å²) in [5.74, 6) is 2.56. The third-order valence-corrected chi connectivity index (χ3v) is 5.42. The van der Waals surface area contributed by atoms with E-state index < -0.39 is 0 Å². The molecule has 0 saturated heterocycles. The smallest absolute Gasteiger partial charge is 0.203 e. The highest BCUT2D eigenvalue weighted by atomic mass is 79.9. The van der Waals surface area contributed by atoms with Crippen molar-refractivity contribution in [3.63, 3.8) is 0 Å². The van der Waals surface area contributed by atoms with E-state index >= 15 is 0 Å². The molecule has 0 N–H and O–H groups in total. The van der Waals surface area contributed by atoms with Crippen molar-refractivity contribution in [2.45, 2.75) is 10.8 Å². The van der Waals surface area contributed by atoms with Gasteiger partial charge >= 0.3 is 0 Å². The van der Waals surface area contributed by atoms with E-state index in [1.165, 1.54) is 5.56 Å². The summed E-state index contributed by atoms with van der Waals surface area (Å²) in [6.45, 7) is 0. The lowest BCUT2D eigenvalue weighted by atomic mass is 10.1. The van der Waals surface area contributed by atoms with Crippen LogP contribution in [0.5, 0.6) is 17.2 Å². The Morgan fingerprint density at radius 2 is 1.52 bits per heavy atom. The van der Waals surface area contributed by atoms with Crippen molar-refractivity contribution in [1.82, 2.24) is 10.2 Å². The number of thioether (sulfide) groups is 1. The zero-order valence-corrected chi connectivity index (χ0v) is 17.6. The predicted molar refractivity (Wildman–Crippen MR) is 111 cm³/mol. The number of nitrogens with zero attached hydrogens (tertiary/aromatic N) is 2. The van der Waals surface area contributed by atoms with Crippen molar-refractivity contribution < 1.29 is 14.2 Å². The fraction of sp³-hybridized carbons (Fsp3) is 0.200. The molecule has 5 nitrogen and oxygen atoms in total. The highest BCUT2D eigenvalue weighted by molar-refractivity contribution is 9.10. The van der Waals surface area contributed by atoms with Gasteiger partial charge in [-0.2, -0.15) is 0 Å². The zero-order valence-electron chi connectivity index (χ0n) is 15.2. The van der Waals surface area contributed by atoms with Gasteiger partial charge in [0.25, 0.3) is 0 Å². The normalized spacial score (nSPS) is 10.5. The molecule has 1 aromatic heterocycles. The van der Waals surface area contributed by atoms with Gasteiger partial charge in [-0.1, -0.05) is 39.8 Å². The molecule has 0 fully saturated rings. The van der Waals surface area contributed by atoms with Crippen molar-refractivity contribution in [3.8, 4) is 28.5 Å². The van der Waals surface area contributed by atoms with Crippen LogP contribution in [0.4, 0.5) is 0 Å². The zero-order chi connectivity index (χ0) is 19.2. The summed E-state index contributed by atoms with van der Waals surface area (Å²) < 4.78 is 17.2. The Bertz CT molecular complexity index is 877. The SMILES string of the molecule is COc1cc(-c2ccc(SCc3ccc(Br)cc3)nn2)cc(OC)c1OC. The van der Waals surface area contributed by atoms with Gasteiger partial charge in [-0.25, -0.2) is 0 Å². The fourth-order valence-electron chi connectivity index (χ4n) is 2.52. The number of ether oxygens (including phenoxy) is 3. The Morgan fingerprint density at radius 3 is 2.04 bits per heavy atom. The number of benzene rings is 2. The molecule has 0 aliphatic rings. The maximum Gasteiger partial charge on any atom is 0.203 e. The van der Waals surface area contributed by atoms with Crippen LogP contribution >= 0.6 is 27.7 Å². The Morgan fingerprint density at radius 1 is 0.852 bits per heavy atom. The maximum atomic E-state index is 5.40. The molecule has 0 unspecified atom stereocenters. The molecule has 0 aliphatic carbocycles. The summed E-state index contributed by atoms with van der Waals surface area (Å²) in [5.41, 5.74) is 2.82. The molecule has 1 heterocycles. The van der Waals surface area contributed by atoms with Crippen molar-refractivity contribution in [3.05, 3.63) is 58.6 Å². The Labute approximate surface area is 171 Å². The lowest BCUT2D eigenvalue weighted by Crippen LogP contribution is -1.97. The van der Waals surface area contributed by atoms with Crippen molar-refractivity contribution >= 4 is 27.7 Å². The van der Waals surface area contributed by atoms with E-state index in [-0.39, 0.29) is 0 Å². The number of hydrogen-bond acceptors (Lipinski definition) is 6. The standard InChI is InChI=1S/C20H19BrN2O3S/c1-24-17-10-14(11-18(25-2)20(17)26-3)16-8-9-19(23-22-16)27-12-13-4-6-15(21)7-5-13/h4-11H,12H2,1-3H3. The second-order valence-electron chi connectivity index (χ2n) is 5.59. The molecule has 27 heavy (non-hydrogen) atoms. The van der Waals surface area contributed by atoms with Crippen molar-refractivity contribution in [1.29, 1.82) is 0 Å². The molecule has 7 heteroatoms.